The fourth-order valence-corrected chi connectivity index (χ4v) is 4.48. The van der Waals surface area contributed by atoms with E-state index in [1.165, 1.54) is 10.6 Å². The molecule has 0 spiro atoms. The van der Waals surface area contributed by atoms with Crippen molar-refractivity contribution in [1.82, 2.24) is 9.21 Å². The molecule has 0 aromatic heterocycles. The van der Waals surface area contributed by atoms with Gasteiger partial charge in [-0.1, -0.05) is 0 Å². The Morgan fingerprint density at radius 3 is 2.19 bits per heavy atom. The van der Waals surface area contributed by atoms with Crippen molar-refractivity contribution in [3.8, 4) is 5.75 Å². The van der Waals surface area contributed by atoms with Crippen molar-refractivity contribution in [1.29, 1.82) is 0 Å². The molecule has 0 atom stereocenters. The maximum Gasteiger partial charge on any atom is 0.227 e. The molecule has 1 amide bonds. The molecule has 2 saturated heterocycles. The highest BCUT2D eigenvalue weighted by Crippen LogP contribution is 2.23. The SMILES string of the molecule is CN1CCC(Oc2ccc(NC(=O)C3CCN(S(C)(=O)=O)CC3)cc2)CC1. The summed E-state index contributed by atoms with van der Waals surface area (Å²) in [6.45, 7) is 2.91. The van der Waals surface area contributed by atoms with Crippen LogP contribution in [0.3, 0.4) is 0 Å². The second kappa shape index (κ2) is 8.58. The fourth-order valence-electron chi connectivity index (χ4n) is 3.61. The van der Waals surface area contributed by atoms with Gasteiger partial charge in [-0.25, -0.2) is 12.7 Å². The minimum atomic E-state index is -3.17. The molecule has 3 rings (SSSR count). The number of rotatable bonds is 5. The second-order valence-corrected chi connectivity index (χ2v) is 9.55. The van der Waals surface area contributed by atoms with Crippen LogP contribution < -0.4 is 10.1 Å². The molecule has 150 valence electrons. The number of piperidine rings is 2. The summed E-state index contributed by atoms with van der Waals surface area (Å²) in [7, 11) is -1.05. The molecule has 0 bridgehead atoms. The van der Waals surface area contributed by atoms with Crippen LogP contribution in [0.2, 0.25) is 0 Å². The minimum Gasteiger partial charge on any atom is -0.490 e. The lowest BCUT2D eigenvalue weighted by Crippen LogP contribution is -2.40. The zero-order chi connectivity index (χ0) is 19.4. The number of nitrogens with zero attached hydrogens (tertiary/aromatic N) is 2. The average molecular weight is 396 g/mol. The van der Waals surface area contributed by atoms with Gasteiger partial charge in [0.15, 0.2) is 0 Å². The zero-order valence-corrected chi connectivity index (χ0v) is 16.9. The number of ether oxygens (including phenoxy) is 1. The van der Waals surface area contributed by atoms with Crippen LogP contribution in [0.25, 0.3) is 0 Å². The first kappa shape index (κ1) is 20.1. The third-order valence-corrected chi connectivity index (χ3v) is 6.69. The molecule has 8 heteroatoms. The highest BCUT2D eigenvalue weighted by atomic mass is 32.2. The van der Waals surface area contributed by atoms with Gasteiger partial charge >= 0.3 is 0 Å². The largest absolute Gasteiger partial charge is 0.490 e. The smallest absolute Gasteiger partial charge is 0.227 e. The first-order valence-corrected chi connectivity index (χ1v) is 11.4. The Hall–Kier alpha value is -1.64. The monoisotopic (exact) mass is 395 g/mol. The topological polar surface area (TPSA) is 79.0 Å². The summed E-state index contributed by atoms with van der Waals surface area (Å²) in [5.74, 6) is 0.620. The molecule has 1 aromatic carbocycles. The minimum absolute atomic E-state index is 0.0489. The van der Waals surface area contributed by atoms with Gasteiger partial charge in [0.25, 0.3) is 0 Å². The quantitative estimate of drug-likeness (QED) is 0.822. The number of amides is 1. The standard InChI is InChI=1S/C19H29N3O4S/c1-21-11-9-18(10-12-21)26-17-5-3-16(4-6-17)20-19(23)15-7-13-22(14-8-15)27(2,24)25/h3-6,15,18H,7-14H2,1-2H3,(H,20,23). The van der Waals surface area contributed by atoms with Crippen LogP contribution in [0.1, 0.15) is 25.7 Å². The van der Waals surface area contributed by atoms with E-state index in [-0.39, 0.29) is 17.9 Å². The Bertz CT molecular complexity index is 735. The summed E-state index contributed by atoms with van der Waals surface area (Å²) in [6.07, 6.45) is 4.62. The van der Waals surface area contributed by atoms with Crippen LogP contribution in [0.5, 0.6) is 5.75 Å². The Labute approximate surface area is 161 Å². The second-order valence-electron chi connectivity index (χ2n) is 7.57. The molecule has 2 aliphatic rings. The van der Waals surface area contributed by atoms with Crippen molar-refractivity contribution in [3.63, 3.8) is 0 Å². The first-order valence-electron chi connectivity index (χ1n) is 9.52. The maximum absolute atomic E-state index is 12.4. The van der Waals surface area contributed by atoms with Gasteiger partial charge in [-0.15, -0.1) is 0 Å². The number of carbonyl (C=O) groups is 1. The van der Waals surface area contributed by atoms with Crippen molar-refractivity contribution in [2.75, 3.05) is 44.8 Å². The molecule has 2 heterocycles. The van der Waals surface area contributed by atoms with Gasteiger partial charge in [-0.3, -0.25) is 4.79 Å². The molecular weight excluding hydrogens is 366 g/mol. The summed E-state index contributed by atoms with van der Waals surface area (Å²) in [4.78, 5) is 14.7. The molecule has 0 saturated carbocycles. The molecule has 27 heavy (non-hydrogen) atoms. The number of benzene rings is 1. The van der Waals surface area contributed by atoms with Gasteiger partial charge in [-0.2, -0.15) is 0 Å². The highest BCUT2D eigenvalue weighted by molar-refractivity contribution is 7.88. The van der Waals surface area contributed by atoms with E-state index in [4.69, 9.17) is 4.74 Å². The zero-order valence-electron chi connectivity index (χ0n) is 16.1. The summed E-state index contributed by atoms with van der Waals surface area (Å²) in [5.41, 5.74) is 0.737. The highest BCUT2D eigenvalue weighted by Gasteiger charge is 2.29. The third-order valence-electron chi connectivity index (χ3n) is 5.38. The van der Waals surface area contributed by atoms with Crippen molar-refractivity contribution < 1.29 is 17.9 Å². The predicted octanol–water partition coefficient (Wildman–Crippen LogP) is 1.77. The van der Waals surface area contributed by atoms with Gasteiger partial charge in [-0.05, 0) is 57.0 Å². The Balaban J connectivity index is 1.47. The summed E-state index contributed by atoms with van der Waals surface area (Å²) < 4.78 is 30.6. The van der Waals surface area contributed by atoms with Crippen LogP contribution in [0.15, 0.2) is 24.3 Å². The van der Waals surface area contributed by atoms with Crippen LogP contribution in [-0.2, 0) is 14.8 Å². The first-order chi connectivity index (χ1) is 12.8. The molecule has 2 aliphatic heterocycles. The lowest BCUT2D eigenvalue weighted by atomic mass is 9.97. The van der Waals surface area contributed by atoms with Crippen LogP contribution in [0.4, 0.5) is 5.69 Å². The van der Waals surface area contributed by atoms with Crippen molar-refractivity contribution in [2.45, 2.75) is 31.8 Å². The average Bonchev–Trinajstić information content (AvgIpc) is 2.64. The molecule has 0 unspecified atom stereocenters. The van der Waals surface area contributed by atoms with E-state index < -0.39 is 10.0 Å². The summed E-state index contributed by atoms with van der Waals surface area (Å²) in [6, 6.07) is 7.49. The van der Waals surface area contributed by atoms with E-state index in [2.05, 4.69) is 17.3 Å². The fraction of sp³-hybridized carbons (Fsp3) is 0.632. The van der Waals surface area contributed by atoms with Gasteiger partial charge < -0.3 is 15.0 Å². The van der Waals surface area contributed by atoms with E-state index in [1.807, 2.05) is 24.3 Å². The Morgan fingerprint density at radius 2 is 1.63 bits per heavy atom. The van der Waals surface area contributed by atoms with Gasteiger partial charge in [0, 0.05) is 37.8 Å². The lowest BCUT2D eigenvalue weighted by Gasteiger charge is -2.29. The summed E-state index contributed by atoms with van der Waals surface area (Å²) in [5, 5.41) is 2.93. The van der Waals surface area contributed by atoms with Crippen LogP contribution in [0, 0.1) is 5.92 Å². The Morgan fingerprint density at radius 1 is 1.04 bits per heavy atom. The third kappa shape index (κ3) is 5.67. The van der Waals surface area contributed by atoms with Crippen LogP contribution in [-0.4, -0.2) is 69.1 Å². The molecule has 0 radical (unpaired) electrons. The molecule has 7 nitrogen and oxygen atoms in total. The van der Waals surface area contributed by atoms with Crippen LogP contribution >= 0.6 is 0 Å². The number of nitrogens with one attached hydrogen (secondary N) is 1. The number of hydrogen-bond acceptors (Lipinski definition) is 5. The predicted molar refractivity (Wildman–Crippen MR) is 105 cm³/mol. The molecule has 0 aliphatic carbocycles. The van der Waals surface area contributed by atoms with Crippen molar-refractivity contribution in [3.05, 3.63) is 24.3 Å². The lowest BCUT2D eigenvalue weighted by molar-refractivity contribution is -0.120. The Kier molecular flexibility index (Phi) is 6.39. The van der Waals surface area contributed by atoms with E-state index in [0.29, 0.717) is 25.9 Å². The van der Waals surface area contributed by atoms with E-state index >= 15 is 0 Å². The maximum atomic E-state index is 12.4. The van der Waals surface area contributed by atoms with Gasteiger partial charge in [0.2, 0.25) is 15.9 Å². The molecular formula is C19H29N3O4S. The number of carbonyl (C=O) groups excluding carboxylic acids is 1. The molecule has 1 N–H and O–H groups in total. The number of hydrogen-bond donors (Lipinski definition) is 1. The molecule has 1 aromatic rings. The number of sulfonamides is 1. The van der Waals surface area contributed by atoms with Gasteiger partial charge in [0.05, 0.1) is 6.26 Å². The summed E-state index contributed by atoms with van der Waals surface area (Å²) >= 11 is 0. The molecule has 2 fully saturated rings. The van der Waals surface area contributed by atoms with E-state index in [9.17, 15) is 13.2 Å². The van der Waals surface area contributed by atoms with Crippen molar-refractivity contribution in [2.24, 2.45) is 5.92 Å². The number of likely N-dealkylation sites (tertiary alicyclic amines) is 1. The van der Waals surface area contributed by atoms with Gasteiger partial charge in [0.1, 0.15) is 11.9 Å². The van der Waals surface area contributed by atoms with Crippen molar-refractivity contribution >= 4 is 21.6 Å². The normalized spacial score (nSPS) is 21.1. The number of anilines is 1. The van der Waals surface area contributed by atoms with E-state index in [1.54, 1.807) is 0 Å². The van der Waals surface area contributed by atoms with E-state index in [0.717, 1.165) is 37.4 Å².